The molecule has 0 aliphatic heterocycles. The molecule has 0 unspecified atom stereocenters. The summed E-state index contributed by atoms with van der Waals surface area (Å²) < 4.78 is 3.00. The second-order valence-corrected chi connectivity index (χ2v) is 6.04. The zero-order valence-corrected chi connectivity index (χ0v) is 12.6. The average Bonchev–Trinajstić information content (AvgIpc) is 2.79. The number of benzene rings is 1. The molecule has 21 heavy (non-hydrogen) atoms. The third-order valence-corrected chi connectivity index (χ3v) is 4.33. The van der Waals surface area contributed by atoms with E-state index in [0.717, 1.165) is 4.90 Å². The van der Waals surface area contributed by atoms with E-state index >= 15 is 0 Å². The standard InChI is InChI=1S/C14H13ClN4OS/c15-10-4-5-12(11(16)9-10)21-8-7-19-14(20)18-6-2-1-3-13(18)17-19/h1-6,9H,7-8,16H2. The SMILES string of the molecule is Nc1cc(Cl)ccc1SCCn1nc2ccccn2c1=O. The number of pyridine rings is 1. The number of thioether (sulfide) groups is 1. The first-order chi connectivity index (χ1) is 10.1. The number of nitrogen functional groups attached to an aromatic ring is 1. The van der Waals surface area contributed by atoms with Gasteiger partial charge in [0.1, 0.15) is 0 Å². The van der Waals surface area contributed by atoms with E-state index in [1.807, 2.05) is 24.3 Å². The fourth-order valence-corrected chi connectivity index (χ4v) is 3.06. The van der Waals surface area contributed by atoms with Gasteiger partial charge in [0, 0.05) is 27.6 Å². The average molecular weight is 321 g/mol. The summed E-state index contributed by atoms with van der Waals surface area (Å²) in [6, 6.07) is 10.9. The molecule has 0 spiro atoms. The topological polar surface area (TPSA) is 65.3 Å². The van der Waals surface area contributed by atoms with Crippen LogP contribution in [-0.2, 0) is 6.54 Å². The summed E-state index contributed by atoms with van der Waals surface area (Å²) in [4.78, 5) is 13.0. The summed E-state index contributed by atoms with van der Waals surface area (Å²) in [6.07, 6.45) is 1.71. The minimum Gasteiger partial charge on any atom is -0.398 e. The molecule has 0 atom stereocenters. The van der Waals surface area contributed by atoms with Crippen LogP contribution >= 0.6 is 23.4 Å². The van der Waals surface area contributed by atoms with Crippen LogP contribution in [-0.4, -0.2) is 19.9 Å². The van der Waals surface area contributed by atoms with Gasteiger partial charge in [-0.2, -0.15) is 0 Å². The number of rotatable bonds is 4. The van der Waals surface area contributed by atoms with Crippen molar-refractivity contribution in [2.24, 2.45) is 0 Å². The molecule has 0 saturated heterocycles. The van der Waals surface area contributed by atoms with Gasteiger partial charge in [-0.3, -0.25) is 4.40 Å². The molecule has 0 aliphatic carbocycles. The highest BCUT2D eigenvalue weighted by Crippen LogP contribution is 2.27. The second kappa shape index (κ2) is 5.83. The Balaban J connectivity index is 1.72. The third-order valence-electron chi connectivity index (χ3n) is 3.02. The van der Waals surface area contributed by atoms with Gasteiger partial charge in [-0.25, -0.2) is 9.48 Å². The fourth-order valence-electron chi connectivity index (χ4n) is 2.01. The first-order valence-electron chi connectivity index (χ1n) is 6.37. The van der Waals surface area contributed by atoms with Gasteiger partial charge in [0.05, 0.1) is 6.54 Å². The van der Waals surface area contributed by atoms with E-state index in [9.17, 15) is 4.79 Å². The molecule has 7 heteroatoms. The number of hydrogen-bond acceptors (Lipinski definition) is 4. The van der Waals surface area contributed by atoms with Gasteiger partial charge < -0.3 is 5.73 Å². The van der Waals surface area contributed by atoms with Crippen molar-refractivity contribution in [3.8, 4) is 0 Å². The van der Waals surface area contributed by atoms with E-state index in [1.165, 1.54) is 9.08 Å². The summed E-state index contributed by atoms with van der Waals surface area (Å²) >= 11 is 7.44. The molecule has 3 rings (SSSR count). The molecule has 3 aromatic rings. The minimum absolute atomic E-state index is 0.129. The lowest BCUT2D eigenvalue weighted by atomic mass is 10.3. The molecular formula is C14H13ClN4OS. The maximum Gasteiger partial charge on any atom is 0.350 e. The van der Waals surface area contributed by atoms with Crippen molar-refractivity contribution in [2.45, 2.75) is 11.4 Å². The van der Waals surface area contributed by atoms with E-state index in [4.69, 9.17) is 17.3 Å². The summed E-state index contributed by atoms with van der Waals surface area (Å²) in [6.45, 7) is 0.521. The molecule has 5 nitrogen and oxygen atoms in total. The summed E-state index contributed by atoms with van der Waals surface area (Å²) in [5, 5.41) is 4.90. The highest BCUT2D eigenvalue weighted by atomic mass is 35.5. The van der Waals surface area contributed by atoms with Crippen LogP contribution in [0.4, 0.5) is 5.69 Å². The van der Waals surface area contributed by atoms with Crippen LogP contribution in [0.25, 0.3) is 5.65 Å². The van der Waals surface area contributed by atoms with Crippen molar-refractivity contribution >= 4 is 34.7 Å². The number of anilines is 1. The van der Waals surface area contributed by atoms with Crippen LogP contribution in [0.1, 0.15) is 0 Å². The first-order valence-corrected chi connectivity index (χ1v) is 7.73. The Morgan fingerprint density at radius 3 is 2.90 bits per heavy atom. The van der Waals surface area contributed by atoms with Crippen molar-refractivity contribution in [1.29, 1.82) is 0 Å². The highest BCUT2D eigenvalue weighted by molar-refractivity contribution is 7.99. The maximum absolute atomic E-state index is 12.1. The molecule has 0 aliphatic rings. The zero-order valence-electron chi connectivity index (χ0n) is 11.1. The van der Waals surface area contributed by atoms with Crippen LogP contribution in [0, 0.1) is 0 Å². The predicted octanol–water partition coefficient (Wildman–Crippen LogP) is 2.52. The van der Waals surface area contributed by atoms with E-state index in [1.54, 1.807) is 30.1 Å². The van der Waals surface area contributed by atoms with Crippen LogP contribution in [0.3, 0.4) is 0 Å². The Morgan fingerprint density at radius 1 is 1.29 bits per heavy atom. The molecule has 1 aromatic carbocycles. The summed E-state index contributed by atoms with van der Waals surface area (Å²) in [7, 11) is 0. The number of aryl methyl sites for hydroxylation is 1. The molecule has 2 heterocycles. The normalized spacial score (nSPS) is 11.1. The monoisotopic (exact) mass is 320 g/mol. The molecule has 2 aromatic heterocycles. The molecule has 0 saturated carbocycles. The van der Waals surface area contributed by atoms with Gasteiger partial charge in [0.15, 0.2) is 5.65 Å². The van der Waals surface area contributed by atoms with Gasteiger partial charge in [0.25, 0.3) is 0 Å². The van der Waals surface area contributed by atoms with Crippen molar-refractivity contribution < 1.29 is 0 Å². The number of nitrogens with zero attached hydrogens (tertiary/aromatic N) is 3. The molecular weight excluding hydrogens is 308 g/mol. The first kappa shape index (κ1) is 14.0. The Kier molecular flexibility index (Phi) is 3.90. The predicted molar refractivity (Wildman–Crippen MR) is 86.0 cm³/mol. The summed E-state index contributed by atoms with van der Waals surface area (Å²) in [5.74, 6) is 0.704. The van der Waals surface area contributed by atoms with Crippen LogP contribution < -0.4 is 11.4 Å². The molecule has 0 fully saturated rings. The number of hydrogen-bond donors (Lipinski definition) is 1. The molecule has 0 amide bonds. The number of fused-ring (bicyclic) bond motifs is 1. The number of nitrogens with two attached hydrogens (primary N) is 1. The molecule has 2 N–H and O–H groups in total. The van der Waals surface area contributed by atoms with Crippen LogP contribution in [0.5, 0.6) is 0 Å². The number of halogens is 1. The summed E-state index contributed by atoms with van der Waals surface area (Å²) in [5.41, 5.74) is 7.07. The largest absolute Gasteiger partial charge is 0.398 e. The highest BCUT2D eigenvalue weighted by Gasteiger charge is 2.06. The van der Waals surface area contributed by atoms with Gasteiger partial charge in [-0.15, -0.1) is 16.9 Å². The van der Waals surface area contributed by atoms with E-state index < -0.39 is 0 Å². The third kappa shape index (κ3) is 2.91. The van der Waals surface area contributed by atoms with Gasteiger partial charge in [-0.1, -0.05) is 17.7 Å². The van der Waals surface area contributed by atoms with Crippen molar-refractivity contribution in [1.82, 2.24) is 14.2 Å². The van der Waals surface area contributed by atoms with Crippen LogP contribution in [0.15, 0.2) is 52.3 Å². The van der Waals surface area contributed by atoms with Gasteiger partial charge >= 0.3 is 5.69 Å². The lowest BCUT2D eigenvalue weighted by Gasteiger charge is -2.05. The van der Waals surface area contributed by atoms with Crippen molar-refractivity contribution in [3.63, 3.8) is 0 Å². The molecule has 108 valence electrons. The lowest BCUT2D eigenvalue weighted by molar-refractivity contribution is 0.640. The van der Waals surface area contributed by atoms with Gasteiger partial charge in [-0.05, 0) is 30.3 Å². The maximum atomic E-state index is 12.1. The smallest absolute Gasteiger partial charge is 0.350 e. The van der Waals surface area contributed by atoms with Crippen molar-refractivity contribution in [2.75, 3.05) is 11.5 Å². The molecule has 0 bridgehead atoms. The lowest BCUT2D eigenvalue weighted by Crippen LogP contribution is -2.21. The quantitative estimate of drug-likeness (QED) is 0.592. The Morgan fingerprint density at radius 2 is 2.14 bits per heavy atom. The molecule has 0 radical (unpaired) electrons. The van der Waals surface area contributed by atoms with Crippen LogP contribution in [0.2, 0.25) is 5.02 Å². The van der Waals surface area contributed by atoms with E-state index in [0.29, 0.717) is 28.7 Å². The Bertz CT molecular complexity index is 842. The Labute approximate surface area is 130 Å². The number of aromatic nitrogens is 3. The van der Waals surface area contributed by atoms with Crippen molar-refractivity contribution in [3.05, 3.63) is 58.1 Å². The second-order valence-electron chi connectivity index (χ2n) is 4.47. The Hall–Kier alpha value is -1.92. The van der Waals surface area contributed by atoms with E-state index in [2.05, 4.69) is 5.10 Å². The van der Waals surface area contributed by atoms with E-state index in [-0.39, 0.29) is 5.69 Å². The zero-order chi connectivity index (χ0) is 14.8. The minimum atomic E-state index is -0.129. The fraction of sp³-hybridized carbons (Fsp3) is 0.143. The van der Waals surface area contributed by atoms with Gasteiger partial charge in [0.2, 0.25) is 0 Å².